The molecule has 1 aromatic carbocycles. The molecule has 3 heteroatoms. The minimum atomic E-state index is 0. The molecule has 1 rings (SSSR count). The van der Waals surface area contributed by atoms with Crippen LogP contribution in [0.3, 0.4) is 0 Å². The van der Waals surface area contributed by atoms with E-state index in [1.54, 1.807) is 14.2 Å². The van der Waals surface area contributed by atoms with Gasteiger partial charge in [-0.2, -0.15) is 0 Å². The minimum absolute atomic E-state index is 0. The van der Waals surface area contributed by atoms with E-state index in [2.05, 4.69) is 12.2 Å². The number of methoxy groups -OCH3 is 2. The van der Waals surface area contributed by atoms with Crippen LogP contribution in [0.5, 0.6) is 11.5 Å². The second-order valence-corrected chi connectivity index (χ2v) is 2.60. The maximum absolute atomic E-state index is 5.16. The van der Waals surface area contributed by atoms with E-state index >= 15 is 0 Å². The topological polar surface area (TPSA) is 30.5 Å². The fraction of sp³-hybridized carbons (Fsp3) is 0.400. The number of benzene rings is 1. The Morgan fingerprint density at radius 2 is 1.92 bits per heavy atom. The zero-order chi connectivity index (χ0) is 9.68. The molecule has 0 aliphatic rings. The van der Waals surface area contributed by atoms with Gasteiger partial charge in [0.25, 0.3) is 0 Å². The second-order valence-electron chi connectivity index (χ2n) is 2.60. The van der Waals surface area contributed by atoms with Crippen LogP contribution in [0.25, 0.3) is 0 Å². The second kappa shape index (κ2) is 4.60. The van der Waals surface area contributed by atoms with Crippen LogP contribution in [0.1, 0.15) is 8.35 Å². The lowest BCUT2D eigenvalue weighted by molar-refractivity contribution is 0.355. The van der Waals surface area contributed by atoms with E-state index < -0.39 is 0 Å². The van der Waals surface area contributed by atoms with Crippen molar-refractivity contribution in [1.29, 1.82) is 0 Å². The van der Waals surface area contributed by atoms with Crippen molar-refractivity contribution < 1.29 is 10.9 Å². The summed E-state index contributed by atoms with van der Waals surface area (Å²) in [5, 5.41) is 3.20. The van der Waals surface area contributed by atoms with Gasteiger partial charge in [0.05, 0.1) is 14.2 Å². The van der Waals surface area contributed by atoms with Gasteiger partial charge >= 0.3 is 0 Å². The van der Waals surface area contributed by atoms with Crippen LogP contribution >= 0.6 is 0 Å². The molecule has 0 aliphatic carbocycles. The Morgan fingerprint density at radius 1 is 1.23 bits per heavy atom. The maximum atomic E-state index is 5.16. The van der Waals surface area contributed by atoms with Gasteiger partial charge in [-0.05, 0) is 19.1 Å². The molecule has 74 valence electrons. The first kappa shape index (κ1) is 9.71. The quantitative estimate of drug-likeness (QED) is 0.777. The minimum Gasteiger partial charge on any atom is -0.493 e. The highest BCUT2D eigenvalue weighted by Crippen LogP contribution is 2.29. The van der Waals surface area contributed by atoms with Crippen molar-refractivity contribution in [3.8, 4) is 11.5 Å². The molecule has 0 aromatic heterocycles. The Morgan fingerprint density at radius 3 is 2.46 bits per heavy atom. The molecule has 0 atom stereocenters. The van der Waals surface area contributed by atoms with E-state index in [1.165, 1.54) is 0 Å². The summed E-state index contributed by atoms with van der Waals surface area (Å²) in [5.41, 5.74) is 1.04. The smallest absolute Gasteiger partial charge is 0.162 e. The number of hydrogen-bond donors (Lipinski definition) is 1. The average Bonchev–Trinajstić information content (AvgIpc) is 2.18. The van der Waals surface area contributed by atoms with Crippen LogP contribution in [0.2, 0.25) is 0 Å². The van der Waals surface area contributed by atoms with Crippen LogP contribution < -0.4 is 14.8 Å². The predicted octanol–water partition coefficient (Wildman–Crippen LogP) is 2.38. The van der Waals surface area contributed by atoms with Gasteiger partial charge in [-0.3, -0.25) is 0 Å². The molecule has 3 nitrogen and oxygen atoms in total. The van der Waals surface area contributed by atoms with Gasteiger partial charge in [0.1, 0.15) is 0 Å². The molecule has 0 saturated heterocycles. The summed E-state index contributed by atoms with van der Waals surface area (Å²) in [7, 11) is 3.26. The zero-order valence-corrected chi connectivity index (χ0v) is 8.26. The lowest BCUT2D eigenvalue weighted by atomic mass is 10.2. The molecule has 0 aliphatic heterocycles. The third-order valence-corrected chi connectivity index (χ3v) is 1.76. The lowest BCUT2D eigenvalue weighted by Crippen LogP contribution is -1.97. The molecule has 0 bridgehead atoms. The molecular formula is C10H17NO2. The number of nitrogens with one attached hydrogen (secondary N) is 1. The molecule has 0 spiro atoms. The molecule has 0 amide bonds. The number of hydrogen-bond acceptors (Lipinski definition) is 3. The van der Waals surface area contributed by atoms with Crippen molar-refractivity contribution in [2.75, 3.05) is 26.1 Å². The molecule has 0 fully saturated rings. The first-order valence-corrected chi connectivity index (χ1v) is 4.27. The van der Waals surface area contributed by atoms with Crippen LogP contribution in [-0.4, -0.2) is 20.8 Å². The lowest BCUT2D eigenvalue weighted by Gasteiger charge is -2.09. The number of ether oxygens (including phenoxy) is 2. The average molecular weight is 183 g/mol. The SMILES string of the molecule is CCNc1ccc(OC)c(OC)c1.[HH]. The first-order chi connectivity index (χ1) is 6.31. The highest BCUT2D eigenvalue weighted by atomic mass is 16.5. The van der Waals surface area contributed by atoms with Crippen molar-refractivity contribution in [3.63, 3.8) is 0 Å². The summed E-state index contributed by atoms with van der Waals surface area (Å²) in [6.07, 6.45) is 0. The van der Waals surface area contributed by atoms with Crippen LogP contribution in [-0.2, 0) is 0 Å². The monoisotopic (exact) mass is 183 g/mol. The standard InChI is InChI=1S/C10H15NO2.H2/c1-4-11-8-5-6-9(12-2)10(7-8)13-3;/h5-7,11H,4H2,1-3H3;1H. The summed E-state index contributed by atoms with van der Waals surface area (Å²) in [4.78, 5) is 0. The summed E-state index contributed by atoms with van der Waals surface area (Å²) in [6, 6.07) is 5.77. The van der Waals surface area contributed by atoms with E-state index in [0.717, 1.165) is 23.7 Å². The Labute approximate surface area is 80.2 Å². The molecule has 1 N–H and O–H groups in total. The number of anilines is 1. The summed E-state index contributed by atoms with van der Waals surface area (Å²) in [6.45, 7) is 2.95. The highest BCUT2D eigenvalue weighted by molar-refractivity contribution is 5.54. The zero-order valence-electron chi connectivity index (χ0n) is 8.26. The molecule has 0 heterocycles. The molecular weight excluding hydrogens is 166 g/mol. The summed E-state index contributed by atoms with van der Waals surface area (Å²) < 4.78 is 10.3. The fourth-order valence-corrected chi connectivity index (χ4v) is 1.15. The van der Waals surface area contributed by atoms with E-state index in [4.69, 9.17) is 9.47 Å². The van der Waals surface area contributed by atoms with Gasteiger partial charge in [0.2, 0.25) is 0 Å². The van der Waals surface area contributed by atoms with Crippen LogP contribution in [0, 0.1) is 0 Å². The van der Waals surface area contributed by atoms with Crippen LogP contribution in [0.15, 0.2) is 18.2 Å². The van der Waals surface area contributed by atoms with Crippen molar-refractivity contribution in [3.05, 3.63) is 18.2 Å². The fourth-order valence-electron chi connectivity index (χ4n) is 1.15. The van der Waals surface area contributed by atoms with Gasteiger partial charge in [-0.25, -0.2) is 0 Å². The Bertz CT molecular complexity index is 279. The van der Waals surface area contributed by atoms with Gasteiger partial charge in [-0.15, -0.1) is 0 Å². The van der Waals surface area contributed by atoms with E-state index in [-0.39, 0.29) is 1.43 Å². The highest BCUT2D eigenvalue weighted by Gasteiger charge is 2.02. The molecule has 0 saturated carbocycles. The molecule has 0 unspecified atom stereocenters. The maximum Gasteiger partial charge on any atom is 0.162 e. The predicted molar refractivity (Wildman–Crippen MR) is 55.8 cm³/mol. The number of rotatable bonds is 4. The Hall–Kier alpha value is -1.38. The van der Waals surface area contributed by atoms with E-state index in [0.29, 0.717) is 0 Å². The van der Waals surface area contributed by atoms with Crippen molar-refractivity contribution in [1.82, 2.24) is 0 Å². The van der Waals surface area contributed by atoms with E-state index in [1.807, 2.05) is 18.2 Å². The molecule has 0 radical (unpaired) electrons. The summed E-state index contributed by atoms with van der Waals surface area (Å²) in [5.74, 6) is 1.50. The largest absolute Gasteiger partial charge is 0.493 e. The van der Waals surface area contributed by atoms with Gasteiger partial charge in [0.15, 0.2) is 11.5 Å². The van der Waals surface area contributed by atoms with Crippen molar-refractivity contribution in [2.45, 2.75) is 6.92 Å². The van der Waals surface area contributed by atoms with Gasteiger partial charge < -0.3 is 14.8 Å². The first-order valence-electron chi connectivity index (χ1n) is 4.27. The van der Waals surface area contributed by atoms with Gasteiger partial charge in [-0.1, -0.05) is 0 Å². The normalized spacial score (nSPS) is 9.46. The summed E-state index contributed by atoms with van der Waals surface area (Å²) >= 11 is 0. The molecule has 13 heavy (non-hydrogen) atoms. The van der Waals surface area contributed by atoms with Crippen LogP contribution in [0.4, 0.5) is 5.69 Å². The van der Waals surface area contributed by atoms with Crippen molar-refractivity contribution >= 4 is 5.69 Å². The van der Waals surface area contributed by atoms with E-state index in [9.17, 15) is 0 Å². The van der Waals surface area contributed by atoms with Crippen molar-refractivity contribution in [2.24, 2.45) is 0 Å². The molecule has 1 aromatic rings. The van der Waals surface area contributed by atoms with Gasteiger partial charge in [0, 0.05) is 19.7 Å². The Balaban J connectivity index is 0.00000169. The Kier molecular flexibility index (Phi) is 3.43. The third-order valence-electron chi connectivity index (χ3n) is 1.76. The third kappa shape index (κ3) is 2.28.